The van der Waals surface area contributed by atoms with Gasteiger partial charge in [-0.1, -0.05) is 24.3 Å². The number of methoxy groups -OCH3 is 1. The monoisotopic (exact) mass is 220 g/mol. The zero-order valence-electron chi connectivity index (χ0n) is 8.84. The minimum atomic E-state index is -0.873. The quantitative estimate of drug-likeness (QED) is 0.788. The van der Waals surface area contributed by atoms with Gasteiger partial charge in [0.2, 0.25) is 0 Å². The lowest BCUT2D eigenvalue weighted by Gasteiger charge is -1.99. The molecule has 0 fully saturated rings. The summed E-state index contributed by atoms with van der Waals surface area (Å²) in [6.45, 7) is 0. The Bertz CT molecular complexity index is 404. The van der Waals surface area contributed by atoms with Crippen molar-refractivity contribution in [2.45, 2.75) is 6.42 Å². The van der Waals surface area contributed by atoms with Gasteiger partial charge >= 0.3 is 11.9 Å². The van der Waals surface area contributed by atoms with Crippen LogP contribution in [-0.4, -0.2) is 24.2 Å². The van der Waals surface area contributed by atoms with E-state index in [2.05, 4.69) is 4.74 Å². The Labute approximate surface area is 93.2 Å². The second kappa shape index (κ2) is 5.70. The highest BCUT2D eigenvalue weighted by Gasteiger charge is 2.02. The summed E-state index contributed by atoms with van der Waals surface area (Å²) in [6.07, 6.45) is 3.23. The minimum absolute atomic E-state index is 0.0151. The number of benzene rings is 1. The first kappa shape index (κ1) is 12.0. The molecule has 0 unspecified atom stereocenters. The van der Waals surface area contributed by atoms with Gasteiger partial charge in [0.25, 0.3) is 0 Å². The number of hydrogen-bond donors (Lipinski definition) is 1. The van der Waals surface area contributed by atoms with Crippen molar-refractivity contribution in [1.29, 1.82) is 0 Å². The van der Waals surface area contributed by atoms with Crippen LogP contribution in [0.1, 0.15) is 22.3 Å². The van der Waals surface area contributed by atoms with Crippen molar-refractivity contribution in [1.82, 2.24) is 0 Å². The van der Waals surface area contributed by atoms with E-state index in [0.29, 0.717) is 5.56 Å². The van der Waals surface area contributed by atoms with Crippen LogP contribution in [0.3, 0.4) is 0 Å². The fourth-order valence-corrected chi connectivity index (χ4v) is 1.14. The van der Waals surface area contributed by atoms with Crippen LogP contribution in [-0.2, 0) is 9.53 Å². The molecule has 0 spiro atoms. The summed E-state index contributed by atoms with van der Waals surface area (Å²) in [6, 6.07) is 6.72. The van der Waals surface area contributed by atoms with Crippen LogP contribution in [0.25, 0.3) is 6.08 Å². The molecule has 0 heterocycles. The van der Waals surface area contributed by atoms with Crippen molar-refractivity contribution in [2.75, 3.05) is 7.11 Å². The molecule has 1 aromatic rings. The third-order valence-electron chi connectivity index (χ3n) is 1.93. The third kappa shape index (κ3) is 3.57. The molecule has 1 aromatic carbocycles. The van der Waals surface area contributed by atoms with Crippen molar-refractivity contribution in [3.63, 3.8) is 0 Å². The van der Waals surface area contributed by atoms with Crippen LogP contribution < -0.4 is 0 Å². The SMILES string of the molecule is COC(=O)c1ccc(C=CCC(=O)O)cc1. The van der Waals surface area contributed by atoms with Gasteiger partial charge in [-0.15, -0.1) is 0 Å². The van der Waals surface area contributed by atoms with Crippen LogP contribution in [0.5, 0.6) is 0 Å². The topological polar surface area (TPSA) is 63.6 Å². The Morgan fingerprint density at radius 2 is 1.94 bits per heavy atom. The summed E-state index contributed by atoms with van der Waals surface area (Å²) in [7, 11) is 1.32. The lowest BCUT2D eigenvalue weighted by molar-refractivity contribution is -0.135. The second-order valence-corrected chi connectivity index (χ2v) is 3.11. The van der Waals surface area contributed by atoms with Crippen LogP contribution >= 0.6 is 0 Å². The van der Waals surface area contributed by atoms with Crippen molar-refractivity contribution in [3.05, 3.63) is 41.5 Å². The number of hydrogen-bond acceptors (Lipinski definition) is 3. The van der Waals surface area contributed by atoms with Crippen LogP contribution in [0.2, 0.25) is 0 Å². The maximum Gasteiger partial charge on any atom is 0.337 e. The number of rotatable bonds is 4. The lowest BCUT2D eigenvalue weighted by Crippen LogP contribution is -2.00. The smallest absolute Gasteiger partial charge is 0.337 e. The Balaban J connectivity index is 2.68. The second-order valence-electron chi connectivity index (χ2n) is 3.11. The number of carbonyl (C=O) groups is 2. The fourth-order valence-electron chi connectivity index (χ4n) is 1.14. The predicted molar refractivity (Wildman–Crippen MR) is 59.1 cm³/mol. The van der Waals surface area contributed by atoms with Gasteiger partial charge in [0.15, 0.2) is 0 Å². The molecule has 84 valence electrons. The van der Waals surface area contributed by atoms with Gasteiger partial charge in [0.1, 0.15) is 0 Å². The number of carboxylic acids is 1. The molecule has 0 aromatic heterocycles. The molecular formula is C12H12O4. The number of ether oxygens (including phenoxy) is 1. The summed E-state index contributed by atoms with van der Waals surface area (Å²) in [5, 5.41) is 8.43. The molecule has 0 aliphatic heterocycles. The van der Waals surface area contributed by atoms with E-state index in [9.17, 15) is 9.59 Å². The van der Waals surface area contributed by atoms with Gasteiger partial charge < -0.3 is 9.84 Å². The Morgan fingerprint density at radius 3 is 2.44 bits per heavy atom. The fraction of sp³-hybridized carbons (Fsp3) is 0.167. The van der Waals surface area contributed by atoms with E-state index in [0.717, 1.165) is 5.56 Å². The third-order valence-corrected chi connectivity index (χ3v) is 1.93. The molecule has 0 saturated carbocycles. The standard InChI is InChI=1S/C12H12O4/c1-16-12(15)10-7-5-9(6-8-10)3-2-4-11(13)14/h2-3,5-8H,4H2,1H3,(H,13,14). The molecule has 0 bridgehead atoms. The first-order chi connectivity index (χ1) is 7.63. The normalized spacial score (nSPS) is 10.3. The van der Waals surface area contributed by atoms with E-state index in [1.54, 1.807) is 36.4 Å². The summed E-state index contributed by atoms with van der Waals surface area (Å²) in [5.74, 6) is -1.26. The van der Waals surface area contributed by atoms with E-state index >= 15 is 0 Å². The van der Waals surface area contributed by atoms with Crippen molar-refractivity contribution in [2.24, 2.45) is 0 Å². The zero-order chi connectivity index (χ0) is 12.0. The molecular weight excluding hydrogens is 208 g/mol. The van der Waals surface area contributed by atoms with Crippen LogP contribution in [0.15, 0.2) is 30.3 Å². The molecule has 4 nitrogen and oxygen atoms in total. The number of carboxylic acid groups (broad SMARTS) is 1. The van der Waals surface area contributed by atoms with Crippen LogP contribution in [0, 0.1) is 0 Å². The molecule has 0 atom stereocenters. The molecule has 4 heteroatoms. The summed E-state index contributed by atoms with van der Waals surface area (Å²) >= 11 is 0. The lowest BCUT2D eigenvalue weighted by atomic mass is 10.1. The van der Waals surface area contributed by atoms with Crippen LogP contribution in [0.4, 0.5) is 0 Å². The van der Waals surface area contributed by atoms with E-state index in [-0.39, 0.29) is 12.4 Å². The Kier molecular flexibility index (Phi) is 4.27. The number of esters is 1. The summed E-state index contributed by atoms with van der Waals surface area (Å²) < 4.78 is 4.55. The van der Waals surface area contributed by atoms with Gasteiger partial charge in [-0.2, -0.15) is 0 Å². The van der Waals surface area contributed by atoms with Gasteiger partial charge in [-0.25, -0.2) is 4.79 Å². The van der Waals surface area contributed by atoms with E-state index < -0.39 is 5.97 Å². The van der Waals surface area contributed by atoms with Gasteiger partial charge in [-0.05, 0) is 17.7 Å². The van der Waals surface area contributed by atoms with Gasteiger partial charge in [0.05, 0.1) is 19.1 Å². The highest BCUT2D eigenvalue weighted by Crippen LogP contribution is 2.07. The Hall–Kier alpha value is -2.10. The molecule has 0 radical (unpaired) electrons. The first-order valence-electron chi connectivity index (χ1n) is 4.70. The van der Waals surface area contributed by atoms with E-state index in [4.69, 9.17) is 5.11 Å². The summed E-state index contributed by atoms with van der Waals surface area (Å²) in [4.78, 5) is 21.4. The molecule has 0 amide bonds. The number of carbonyl (C=O) groups excluding carboxylic acids is 1. The first-order valence-corrected chi connectivity index (χ1v) is 4.70. The van der Waals surface area contributed by atoms with E-state index in [1.807, 2.05) is 0 Å². The zero-order valence-corrected chi connectivity index (χ0v) is 8.84. The van der Waals surface area contributed by atoms with Crippen molar-refractivity contribution < 1.29 is 19.4 Å². The van der Waals surface area contributed by atoms with Gasteiger partial charge in [0, 0.05) is 0 Å². The molecule has 0 aliphatic rings. The highest BCUT2D eigenvalue weighted by molar-refractivity contribution is 5.89. The maximum atomic E-state index is 11.1. The molecule has 16 heavy (non-hydrogen) atoms. The molecule has 1 rings (SSSR count). The summed E-state index contributed by atoms with van der Waals surface area (Å²) in [5.41, 5.74) is 1.31. The van der Waals surface area contributed by atoms with Crippen molar-refractivity contribution >= 4 is 18.0 Å². The molecule has 1 N–H and O–H groups in total. The number of aliphatic carboxylic acids is 1. The minimum Gasteiger partial charge on any atom is -0.481 e. The Morgan fingerprint density at radius 1 is 1.31 bits per heavy atom. The van der Waals surface area contributed by atoms with Crippen molar-refractivity contribution in [3.8, 4) is 0 Å². The van der Waals surface area contributed by atoms with Gasteiger partial charge in [-0.3, -0.25) is 4.79 Å². The largest absolute Gasteiger partial charge is 0.481 e. The maximum absolute atomic E-state index is 11.1. The molecule has 0 saturated heterocycles. The predicted octanol–water partition coefficient (Wildman–Crippen LogP) is 1.96. The molecule has 0 aliphatic carbocycles. The average molecular weight is 220 g/mol. The highest BCUT2D eigenvalue weighted by atomic mass is 16.5. The average Bonchev–Trinajstić information content (AvgIpc) is 2.28. The van der Waals surface area contributed by atoms with E-state index in [1.165, 1.54) is 7.11 Å².